The third kappa shape index (κ3) is 3.93. The number of aromatic nitrogens is 1. The van der Waals surface area contributed by atoms with Gasteiger partial charge in [0.1, 0.15) is 0 Å². The summed E-state index contributed by atoms with van der Waals surface area (Å²) >= 11 is 0. The summed E-state index contributed by atoms with van der Waals surface area (Å²) < 4.78 is 0. The molecule has 1 atom stereocenters. The second-order valence-corrected chi connectivity index (χ2v) is 6.05. The molecule has 1 aromatic heterocycles. The zero-order chi connectivity index (χ0) is 14.5. The first kappa shape index (κ1) is 15.3. The molecule has 2 heterocycles. The highest BCUT2D eigenvalue weighted by Gasteiger charge is 2.18. The van der Waals surface area contributed by atoms with Gasteiger partial charge in [-0.2, -0.15) is 0 Å². The van der Waals surface area contributed by atoms with Gasteiger partial charge in [0, 0.05) is 32.7 Å². The Morgan fingerprint density at radius 3 is 2.40 bits per heavy atom. The standard InChI is InChI=1S/C16H27N3O/c1-4-16(20)15-6-5-14(11-17-15)19-9-7-18(8-10-19)12-13(2)3/h5-6,11,13,16,20H,4,7-10,12H2,1-3H3/t16-/m1/s1. The normalized spacial score (nSPS) is 18.6. The Balaban J connectivity index is 1.90. The molecule has 20 heavy (non-hydrogen) atoms. The first-order chi connectivity index (χ1) is 9.60. The number of rotatable bonds is 5. The van der Waals surface area contributed by atoms with Crippen molar-refractivity contribution in [2.24, 2.45) is 5.92 Å². The maximum absolute atomic E-state index is 9.77. The molecule has 1 saturated heterocycles. The van der Waals surface area contributed by atoms with E-state index in [2.05, 4.69) is 34.7 Å². The predicted octanol–water partition coefficient (Wildman–Crippen LogP) is 2.30. The molecule has 0 aromatic carbocycles. The molecular formula is C16H27N3O. The lowest BCUT2D eigenvalue weighted by atomic mass is 10.1. The zero-order valence-corrected chi connectivity index (χ0v) is 12.9. The van der Waals surface area contributed by atoms with Gasteiger partial charge in [-0.3, -0.25) is 9.88 Å². The van der Waals surface area contributed by atoms with Crippen LogP contribution in [0.25, 0.3) is 0 Å². The Labute approximate surface area is 122 Å². The van der Waals surface area contributed by atoms with Crippen molar-refractivity contribution in [2.75, 3.05) is 37.6 Å². The van der Waals surface area contributed by atoms with Crippen LogP contribution in [0, 0.1) is 5.92 Å². The second kappa shape index (κ2) is 7.04. The van der Waals surface area contributed by atoms with E-state index < -0.39 is 6.10 Å². The fourth-order valence-corrected chi connectivity index (χ4v) is 2.70. The molecule has 0 bridgehead atoms. The zero-order valence-electron chi connectivity index (χ0n) is 12.9. The Bertz CT molecular complexity index is 397. The van der Waals surface area contributed by atoms with Crippen molar-refractivity contribution in [2.45, 2.75) is 33.3 Å². The van der Waals surface area contributed by atoms with Gasteiger partial charge >= 0.3 is 0 Å². The van der Waals surface area contributed by atoms with E-state index >= 15 is 0 Å². The second-order valence-electron chi connectivity index (χ2n) is 6.05. The van der Waals surface area contributed by atoms with Crippen molar-refractivity contribution in [3.8, 4) is 0 Å². The average molecular weight is 277 g/mol. The fraction of sp³-hybridized carbons (Fsp3) is 0.688. The van der Waals surface area contributed by atoms with Crippen LogP contribution in [0.1, 0.15) is 39.0 Å². The van der Waals surface area contributed by atoms with Gasteiger partial charge in [-0.15, -0.1) is 0 Å². The Morgan fingerprint density at radius 2 is 1.90 bits per heavy atom. The minimum Gasteiger partial charge on any atom is -0.387 e. The minimum absolute atomic E-state index is 0.438. The number of nitrogens with zero attached hydrogens (tertiary/aromatic N) is 3. The number of aliphatic hydroxyl groups excluding tert-OH is 1. The number of hydrogen-bond acceptors (Lipinski definition) is 4. The lowest BCUT2D eigenvalue weighted by Gasteiger charge is -2.36. The van der Waals surface area contributed by atoms with Crippen LogP contribution in [0.15, 0.2) is 18.3 Å². The van der Waals surface area contributed by atoms with Crippen LogP contribution in [-0.2, 0) is 0 Å². The van der Waals surface area contributed by atoms with E-state index in [0.717, 1.165) is 37.8 Å². The van der Waals surface area contributed by atoms with Gasteiger partial charge in [-0.1, -0.05) is 20.8 Å². The molecule has 4 heteroatoms. The maximum Gasteiger partial charge on any atom is 0.0957 e. The van der Waals surface area contributed by atoms with E-state index in [1.165, 1.54) is 12.2 Å². The molecule has 1 N–H and O–H groups in total. The van der Waals surface area contributed by atoms with Crippen molar-refractivity contribution in [1.82, 2.24) is 9.88 Å². The van der Waals surface area contributed by atoms with Crippen molar-refractivity contribution in [1.29, 1.82) is 0 Å². The summed E-state index contributed by atoms with van der Waals surface area (Å²) in [5.74, 6) is 0.734. The number of anilines is 1. The molecular weight excluding hydrogens is 250 g/mol. The summed E-state index contributed by atoms with van der Waals surface area (Å²) in [4.78, 5) is 9.30. The summed E-state index contributed by atoms with van der Waals surface area (Å²) in [5, 5.41) is 9.77. The van der Waals surface area contributed by atoms with Crippen LogP contribution in [0.4, 0.5) is 5.69 Å². The first-order valence-electron chi connectivity index (χ1n) is 7.71. The van der Waals surface area contributed by atoms with Crippen LogP contribution in [-0.4, -0.2) is 47.7 Å². The summed E-state index contributed by atoms with van der Waals surface area (Å²) in [5.41, 5.74) is 1.94. The molecule has 1 aliphatic rings. The SMILES string of the molecule is CC[C@@H](O)c1ccc(N2CCN(CC(C)C)CC2)cn1. The van der Waals surface area contributed by atoms with Gasteiger partial charge in [-0.05, 0) is 24.5 Å². The molecule has 4 nitrogen and oxygen atoms in total. The van der Waals surface area contributed by atoms with Crippen LogP contribution in [0.3, 0.4) is 0 Å². The van der Waals surface area contributed by atoms with Crippen molar-refractivity contribution < 1.29 is 5.11 Å². The van der Waals surface area contributed by atoms with Crippen LogP contribution in [0.5, 0.6) is 0 Å². The van der Waals surface area contributed by atoms with Crippen molar-refractivity contribution >= 4 is 5.69 Å². The molecule has 112 valence electrons. The van der Waals surface area contributed by atoms with E-state index in [0.29, 0.717) is 6.42 Å². The summed E-state index contributed by atoms with van der Waals surface area (Å²) in [6, 6.07) is 4.03. The Hall–Kier alpha value is -1.13. The molecule has 0 spiro atoms. The average Bonchev–Trinajstić information content (AvgIpc) is 2.47. The molecule has 1 aliphatic heterocycles. The van der Waals surface area contributed by atoms with Gasteiger partial charge in [0.15, 0.2) is 0 Å². The van der Waals surface area contributed by atoms with Gasteiger partial charge < -0.3 is 10.0 Å². The van der Waals surface area contributed by atoms with Crippen LogP contribution < -0.4 is 4.90 Å². The van der Waals surface area contributed by atoms with Gasteiger partial charge in [0.2, 0.25) is 0 Å². The highest BCUT2D eigenvalue weighted by atomic mass is 16.3. The number of hydrogen-bond donors (Lipinski definition) is 1. The molecule has 0 amide bonds. The fourth-order valence-electron chi connectivity index (χ4n) is 2.70. The van der Waals surface area contributed by atoms with Gasteiger partial charge in [0.05, 0.1) is 23.7 Å². The molecule has 1 aromatic rings. The summed E-state index contributed by atoms with van der Waals surface area (Å²) in [7, 11) is 0. The predicted molar refractivity (Wildman–Crippen MR) is 83.0 cm³/mol. The van der Waals surface area contributed by atoms with Gasteiger partial charge in [0.25, 0.3) is 0 Å². The Kier molecular flexibility index (Phi) is 5.38. The van der Waals surface area contributed by atoms with E-state index in [1.54, 1.807) is 0 Å². The molecule has 2 rings (SSSR count). The molecule has 1 fully saturated rings. The number of pyridine rings is 1. The topological polar surface area (TPSA) is 39.6 Å². The van der Waals surface area contributed by atoms with Crippen molar-refractivity contribution in [3.63, 3.8) is 0 Å². The van der Waals surface area contributed by atoms with E-state index in [1.807, 2.05) is 19.2 Å². The number of aliphatic hydroxyl groups is 1. The van der Waals surface area contributed by atoms with Crippen LogP contribution in [0.2, 0.25) is 0 Å². The number of piperazine rings is 1. The van der Waals surface area contributed by atoms with E-state index in [9.17, 15) is 5.11 Å². The summed E-state index contributed by atoms with van der Waals surface area (Å²) in [6.45, 7) is 12.1. The lowest BCUT2D eigenvalue weighted by Crippen LogP contribution is -2.47. The lowest BCUT2D eigenvalue weighted by molar-refractivity contribution is 0.169. The Morgan fingerprint density at radius 1 is 1.20 bits per heavy atom. The highest BCUT2D eigenvalue weighted by molar-refractivity contribution is 5.45. The maximum atomic E-state index is 9.77. The monoisotopic (exact) mass is 277 g/mol. The largest absolute Gasteiger partial charge is 0.387 e. The molecule has 0 radical (unpaired) electrons. The van der Waals surface area contributed by atoms with E-state index in [4.69, 9.17) is 0 Å². The molecule has 0 aliphatic carbocycles. The molecule has 0 saturated carbocycles. The van der Waals surface area contributed by atoms with E-state index in [-0.39, 0.29) is 0 Å². The summed E-state index contributed by atoms with van der Waals surface area (Å²) in [6.07, 6.45) is 2.17. The van der Waals surface area contributed by atoms with Gasteiger partial charge in [-0.25, -0.2) is 0 Å². The third-order valence-corrected chi connectivity index (χ3v) is 3.86. The quantitative estimate of drug-likeness (QED) is 0.896. The van der Waals surface area contributed by atoms with Crippen molar-refractivity contribution in [3.05, 3.63) is 24.0 Å². The molecule has 0 unspecified atom stereocenters. The highest BCUT2D eigenvalue weighted by Crippen LogP contribution is 2.19. The smallest absolute Gasteiger partial charge is 0.0957 e. The minimum atomic E-state index is -0.438. The van der Waals surface area contributed by atoms with Crippen LogP contribution >= 0.6 is 0 Å². The first-order valence-corrected chi connectivity index (χ1v) is 7.71. The third-order valence-electron chi connectivity index (χ3n) is 3.86.